The van der Waals surface area contributed by atoms with Crippen molar-refractivity contribution in [1.82, 2.24) is 10.4 Å². The van der Waals surface area contributed by atoms with Crippen LogP contribution in [0, 0.1) is 0 Å². The second-order valence-corrected chi connectivity index (χ2v) is 3.00. The van der Waals surface area contributed by atoms with E-state index in [1.165, 1.54) is 0 Å². The van der Waals surface area contributed by atoms with Crippen LogP contribution in [0.2, 0.25) is 0 Å². The highest BCUT2D eigenvalue weighted by Gasteiger charge is 2.02. The van der Waals surface area contributed by atoms with Crippen LogP contribution in [-0.2, 0) is 9.53 Å². The normalized spacial score (nSPS) is 10.3. The molecule has 0 aromatic carbocycles. The molecule has 0 aliphatic heterocycles. The van der Waals surface area contributed by atoms with E-state index in [0.717, 1.165) is 13.1 Å². The van der Waals surface area contributed by atoms with Crippen molar-refractivity contribution in [3.8, 4) is 0 Å². The Bertz CT molecular complexity index is 189. The first-order valence-electron chi connectivity index (χ1n) is 4.92. The fraction of sp³-hybridized carbons (Fsp3) is 0.700. The van der Waals surface area contributed by atoms with Crippen molar-refractivity contribution in [3.63, 3.8) is 0 Å². The molecule has 0 bridgehead atoms. The van der Waals surface area contributed by atoms with Gasteiger partial charge in [-0.05, 0) is 6.92 Å². The van der Waals surface area contributed by atoms with E-state index in [-0.39, 0.29) is 5.97 Å². The molecule has 0 aliphatic carbocycles. The molecule has 82 valence electrons. The highest BCUT2D eigenvalue weighted by atomic mass is 16.5. The fourth-order valence-electron chi connectivity index (χ4n) is 0.918. The Labute approximate surface area is 85.9 Å². The van der Waals surface area contributed by atoms with E-state index >= 15 is 0 Å². The molecule has 0 aliphatic rings. The molecule has 0 saturated carbocycles. The van der Waals surface area contributed by atoms with E-state index in [0.29, 0.717) is 18.7 Å². The maximum Gasteiger partial charge on any atom is 0.333 e. The molecule has 0 heterocycles. The molecule has 0 amide bonds. The molecule has 0 atom stereocenters. The molecule has 4 nitrogen and oxygen atoms in total. The number of carbonyl (C=O) groups excluding carboxylic acids is 1. The SMILES string of the molecule is C=C(C)C(=O)OCCNN(CC)CC. The monoisotopic (exact) mass is 200 g/mol. The molecule has 0 saturated heterocycles. The Morgan fingerprint density at radius 1 is 1.43 bits per heavy atom. The number of hydrogen-bond acceptors (Lipinski definition) is 4. The lowest BCUT2D eigenvalue weighted by atomic mass is 10.4. The van der Waals surface area contributed by atoms with Crippen LogP contribution in [0.5, 0.6) is 0 Å². The third-order valence-electron chi connectivity index (χ3n) is 1.78. The lowest BCUT2D eigenvalue weighted by Crippen LogP contribution is -2.39. The first-order valence-corrected chi connectivity index (χ1v) is 4.92. The van der Waals surface area contributed by atoms with Gasteiger partial charge in [0.1, 0.15) is 6.61 Å². The lowest BCUT2D eigenvalue weighted by molar-refractivity contribution is -0.139. The summed E-state index contributed by atoms with van der Waals surface area (Å²) in [6.45, 7) is 12.2. The van der Waals surface area contributed by atoms with Crippen molar-refractivity contribution in [1.29, 1.82) is 0 Å². The van der Waals surface area contributed by atoms with E-state index in [9.17, 15) is 4.79 Å². The first kappa shape index (κ1) is 13.1. The van der Waals surface area contributed by atoms with Gasteiger partial charge < -0.3 is 4.74 Å². The van der Waals surface area contributed by atoms with Gasteiger partial charge in [-0.1, -0.05) is 20.4 Å². The van der Waals surface area contributed by atoms with Gasteiger partial charge in [-0.25, -0.2) is 9.80 Å². The van der Waals surface area contributed by atoms with E-state index < -0.39 is 0 Å². The summed E-state index contributed by atoms with van der Waals surface area (Å²) in [4.78, 5) is 11.0. The minimum Gasteiger partial charge on any atom is -0.461 e. The molecule has 0 radical (unpaired) electrons. The average molecular weight is 200 g/mol. The van der Waals surface area contributed by atoms with Crippen molar-refractivity contribution in [2.24, 2.45) is 0 Å². The van der Waals surface area contributed by atoms with Crippen LogP contribution in [0.3, 0.4) is 0 Å². The Hall–Kier alpha value is -0.870. The summed E-state index contributed by atoms with van der Waals surface area (Å²) in [6, 6.07) is 0. The molecule has 14 heavy (non-hydrogen) atoms. The number of nitrogens with one attached hydrogen (secondary N) is 1. The number of nitrogens with zero attached hydrogens (tertiary/aromatic N) is 1. The quantitative estimate of drug-likeness (QED) is 0.287. The van der Waals surface area contributed by atoms with Gasteiger partial charge in [0.15, 0.2) is 0 Å². The predicted molar refractivity (Wildman–Crippen MR) is 56.7 cm³/mol. The van der Waals surface area contributed by atoms with Gasteiger partial charge in [0, 0.05) is 25.2 Å². The van der Waals surface area contributed by atoms with Crippen molar-refractivity contribution in [2.45, 2.75) is 20.8 Å². The number of rotatable bonds is 7. The van der Waals surface area contributed by atoms with Crippen LogP contribution in [0.4, 0.5) is 0 Å². The molecule has 0 fully saturated rings. The summed E-state index contributed by atoms with van der Waals surface area (Å²) in [5.41, 5.74) is 3.58. The van der Waals surface area contributed by atoms with Crippen LogP contribution in [0.25, 0.3) is 0 Å². The topological polar surface area (TPSA) is 41.6 Å². The standard InChI is InChI=1S/C10H20N2O2/c1-5-12(6-2)11-7-8-14-10(13)9(3)4/h11H,3,5-8H2,1-2,4H3. The second kappa shape index (κ2) is 7.53. The summed E-state index contributed by atoms with van der Waals surface area (Å²) in [5.74, 6) is -0.327. The first-order chi connectivity index (χ1) is 6.61. The van der Waals surface area contributed by atoms with Gasteiger partial charge in [0.25, 0.3) is 0 Å². The molecular formula is C10H20N2O2. The van der Waals surface area contributed by atoms with Gasteiger partial charge >= 0.3 is 5.97 Å². The second-order valence-electron chi connectivity index (χ2n) is 3.00. The minimum absolute atomic E-state index is 0.327. The number of esters is 1. The summed E-state index contributed by atoms with van der Waals surface area (Å²) >= 11 is 0. The summed E-state index contributed by atoms with van der Waals surface area (Å²) in [5, 5.41) is 2.05. The van der Waals surface area contributed by atoms with E-state index in [1.54, 1.807) is 6.92 Å². The van der Waals surface area contributed by atoms with Crippen molar-refractivity contribution < 1.29 is 9.53 Å². The maximum atomic E-state index is 11.0. The molecule has 0 aromatic heterocycles. The zero-order valence-corrected chi connectivity index (χ0v) is 9.30. The number of hydrazine groups is 1. The Morgan fingerprint density at radius 3 is 2.43 bits per heavy atom. The van der Waals surface area contributed by atoms with Crippen LogP contribution in [0.1, 0.15) is 20.8 Å². The van der Waals surface area contributed by atoms with Crippen molar-refractivity contribution in [3.05, 3.63) is 12.2 Å². The highest BCUT2D eigenvalue weighted by molar-refractivity contribution is 5.86. The zero-order chi connectivity index (χ0) is 11.0. The summed E-state index contributed by atoms with van der Waals surface area (Å²) in [7, 11) is 0. The van der Waals surface area contributed by atoms with Crippen LogP contribution in [0.15, 0.2) is 12.2 Å². The fourth-order valence-corrected chi connectivity index (χ4v) is 0.918. The van der Waals surface area contributed by atoms with Gasteiger partial charge in [-0.15, -0.1) is 0 Å². The van der Waals surface area contributed by atoms with Crippen LogP contribution >= 0.6 is 0 Å². The number of hydrogen-bond donors (Lipinski definition) is 1. The third kappa shape index (κ3) is 5.72. The smallest absolute Gasteiger partial charge is 0.333 e. The molecule has 0 spiro atoms. The van der Waals surface area contributed by atoms with Gasteiger partial charge in [-0.3, -0.25) is 5.43 Å². The predicted octanol–water partition coefficient (Wildman–Crippen LogP) is 0.952. The van der Waals surface area contributed by atoms with Crippen LogP contribution < -0.4 is 5.43 Å². The van der Waals surface area contributed by atoms with E-state index in [4.69, 9.17) is 4.74 Å². The van der Waals surface area contributed by atoms with E-state index in [1.807, 2.05) is 0 Å². The lowest BCUT2D eigenvalue weighted by Gasteiger charge is -2.19. The largest absolute Gasteiger partial charge is 0.461 e. The summed E-state index contributed by atoms with van der Waals surface area (Å²) < 4.78 is 4.92. The molecule has 0 aromatic rings. The highest BCUT2D eigenvalue weighted by Crippen LogP contribution is 1.90. The third-order valence-corrected chi connectivity index (χ3v) is 1.78. The number of carbonyl (C=O) groups is 1. The van der Waals surface area contributed by atoms with Crippen molar-refractivity contribution in [2.75, 3.05) is 26.2 Å². The Kier molecular flexibility index (Phi) is 7.06. The minimum atomic E-state index is -0.327. The summed E-state index contributed by atoms with van der Waals surface area (Å²) in [6.07, 6.45) is 0. The molecule has 0 unspecified atom stereocenters. The van der Waals surface area contributed by atoms with Crippen molar-refractivity contribution >= 4 is 5.97 Å². The molecule has 1 N–H and O–H groups in total. The van der Waals surface area contributed by atoms with Crippen LogP contribution in [-0.4, -0.2) is 37.2 Å². The molecular weight excluding hydrogens is 180 g/mol. The van der Waals surface area contributed by atoms with Gasteiger partial charge in [0.05, 0.1) is 0 Å². The number of ether oxygens (including phenoxy) is 1. The Morgan fingerprint density at radius 2 is 2.00 bits per heavy atom. The van der Waals surface area contributed by atoms with Gasteiger partial charge in [-0.2, -0.15) is 0 Å². The molecule has 4 heteroatoms. The zero-order valence-electron chi connectivity index (χ0n) is 9.30. The van der Waals surface area contributed by atoms with E-state index in [2.05, 4.69) is 30.9 Å². The molecule has 0 rings (SSSR count). The average Bonchev–Trinajstić information content (AvgIpc) is 2.17. The Balaban J connectivity index is 3.46. The van der Waals surface area contributed by atoms with Gasteiger partial charge in [0.2, 0.25) is 0 Å². The maximum absolute atomic E-state index is 11.0.